The van der Waals surface area contributed by atoms with E-state index in [2.05, 4.69) is 49.4 Å². The van der Waals surface area contributed by atoms with Gasteiger partial charge in [0.25, 0.3) is 0 Å². The molecular weight excluding hydrogens is 228 g/mol. The molecule has 3 aromatic rings. The summed E-state index contributed by atoms with van der Waals surface area (Å²) in [6, 6.07) is 15.9. The van der Waals surface area contributed by atoms with Gasteiger partial charge in [-0.1, -0.05) is 61.9 Å². The van der Waals surface area contributed by atoms with Crippen molar-refractivity contribution in [3.8, 4) is 0 Å². The molecule has 0 spiro atoms. The summed E-state index contributed by atoms with van der Waals surface area (Å²) in [5.41, 5.74) is 4.43. The van der Waals surface area contributed by atoms with Crippen molar-refractivity contribution in [3.05, 3.63) is 59.2 Å². The van der Waals surface area contributed by atoms with Gasteiger partial charge >= 0.3 is 0 Å². The van der Waals surface area contributed by atoms with Crippen molar-refractivity contribution >= 4 is 21.5 Å². The molecule has 0 unspecified atom stereocenters. The van der Waals surface area contributed by atoms with E-state index >= 15 is 0 Å². The third kappa shape index (κ3) is 1.83. The molecule has 1 aliphatic carbocycles. The molecule has 0 bridgehead atoms. The van der Waals surface area contributed by atoms with Crippen molar-refractivity contribution in [1.82, 2.24) is 0 Å². The van der Waals surface area contributed by atoms with Gasteiger partial charge in [-0.15, -0.1) is 0 Å². The summed E-state index contributed by atoms with van der Waals surface area (Å²) in [4.78, 5) is 0. The topological polar surface area (TPSA) is 0 Å². The highest BCUT2D eigenvalue weighted by molar-refractivity contribution is 6.11. The van der Waals surface area contributed by atoms with E-state index in [0.29, 0.717) is 0 Å². The first kappa shape index (κ1) is 12.2. The molecule has 0 radical (unpaired) electrons. The molecule has 0 nitrogen and oxygen atoms in total. The van der Waals surface area contributed by atoms with E-state index in [1.807, 2.05) is 13.8 Å². The van der Waals surface area contributed by atoms with Gasteiger partial charge in [-0.2, -0.15) is 0 Å². The number of benzene rings is 3. The molecule has 0 saturated heterocycles. The van der Waals surface area contributed by atoms with E-state index in [1.54, 1.807) is 0 Å². The Balaban J connectivity index is 0.000000528. The third-order valence-electron chi connectivity index (χ3n) is 3.93. The van der Waals surface area contributed by atoms with Crippen LogP contribution in [0.3, 0.4) is 0 Å². The summed E-state index contributed by atoms with van der Waals surface area (Å²) in [6.07, 6.45) is 2.38. The van der Waals surface area contributed by atoms with Crippen molar-refractivity contribution in [1.29, 1.82) is 0 Å². The molecule has 0 heterocycles. The smallest absolute Gasteiger partial charge is 0.00702 e. The average Bonchev–Trinajstić information content (AvgIpc) is 2.46. The second kappa shape index (κ2) is 4.70. The van der Waals surface area contributed by atoms with E-state index in [-0.39, 0.29) is 0 Å². The number of hydrogen-bond acceptors (Lipinski definition) is 0. The van der Waals surface area contributed by atoms with E-state index < -0.39 is 0 Å². The van der Waals surface area contributed by atoms with E-state index in [9.17, 15) is 0 Å². The summed E-state index contributed by atoms with van der Waals surface area (Å²) in [6.45, 7) is 6.20. The third-order valence-corrected chi connectivity index (χ3v) is 3.93. The highest BCUT2D eigenvalue weighted by atomic mass is 14.2. The largest absolute Gasteiger partial charge is 0.0683 e. The summed E-state index contributed by atoms with van der Waals surface area (Å²) in [7, 11) is 0. The average molecular weight is 248 g/mol. The first-order valence-corrected chi connectivity index (χ1v) is 7.27. The first-order chi connectivity index (χ1) is 9.33. The van der Waals surface area contributed by atoms with Gasteiger partial charge in [-0.25, -0.2) is 0 Å². The van der Waals surface area contributed by atoms with Crippen LogP contribution in [0.1, 0.15) is 30.5 Å². The maximum atomic E-state index is 2.36. The van der Waals surface area contributed by atoms with Gasteiger partial charge in [-0.3, -0.25) is 0 Å². The van der Waals surface area contributed by atoms with Crippen LogP contribution in [0.15, 0.2) is 42.5 Å². The minimum absolute atomic E-state index is 1.19. The molecule has 0 atom stereocenters. The zero-order valence-corrected chi connectivity index (χ0v) is 12.0. The molecule has 19 heavy (non-hydrogen) atoms. The Morgan fingerprint density at radius 2 is 1.42 bits per heavy atom. The lowest BCUT2D eigenvalue weighted by molar-refractivity contribution is 0.966. The van der Waals surface area contributed by atoms with Gasteiger partial charge in [0.1, 0.15) is 0 Å². The van der Waals surface area contributed by atoms with Crippen LogP contribution in [-0.4, -0.2) is 0 Å². The lowest BCUT2D eigenvalue weighted by Crippen LogP contribution is -2.01. The maximum Gasteiger partial charge on any atom is -0.00702 e. The van der Waals surface area contributed by atoms with Crippen LogP contribution >= 0.6 is 0 Å². The zero-order chi connectivity index (χ0) is 13.4. The molecule has 96 valence electrons. The van der Waals surface area contributed by atoms with Crippen LogP contribution in [-0.2, 0) is 12.8 Å². The number of rotatable bonds is 0. The van der Waals surface area contributed by atoms with Crippen molar-refractivity contribution in [2.45, 2.75) is 33.6 Å². The standard InChI is InChI=1S/C17H14.C2H6/c1-11-9-14-7-5-12-3-2-4-13-6-8-15(10-11)17(14)16(12)13;1-2/h2-5,7,9-10H,6,8H2,1H3;1-2H3. The van der Waals surface area contributed by atoms with E-state index in [0.717, 1.165) is 0 Å². The van der Waals surface area contributed by atoms with Crippen LogP contribution in [0.4, 0.5) is 0 Å². The SMILES string of the molecule is CC.Cc1cc2c3c(ccc4cccc(c43)CC2)c1. The lowest BCUT2D eigenvalue weighted by atomic mass is 9.85. The molecule has 0 fully saturated rings. The predicted octanol–water partition coefficient (Wildman–Crippen LogP) is 5.43. The van der Waals surface area contributed by atoms with Crippen LogP contribution < -0.4 is 0 Å². The highest BCUT2D eigenvalue weighted by Gasteiger charge is 2.14. The maximum absolute atomic E-state index is 2.36. The second-order valence-electron chi connectivity index (χ2n) is 5.10. The Kier molecular flexibility index (Phi) is 3.02. The van der Waals surface area contributed by atoms with E-state index in [1.165, 1.54) is 51.1 Å². The van der Waals surface area contributed by atoms with Crippen LogP contribution in [0.2, 0.25) is 0 Å². The first-order valence-electron chi connectivity index (χ1n) is 7.27. The summed E-state index contributed by atoms with van der Waals surface area (Å²) >= 11 is 0. The summed E-state index contributed by atoms with van der Waals surface area (Å²) in [5, 5.41) is 5.78. The summed E-state index contributed by atoms with van der Waals surface area (Å²) < 4.78 is 0. The molecular formula is C19H20. The normalized spacial score (nSPS) is 12.6. The van der Waals surface area contributed by atoms with E-state index in [4.69, 9.17) is 0 Å². The molecule has 4 rings (SSSR count). The Hall–Kier alpha value is -1.82. The summed E-state index contributed by atoms with van der Waals surface area (Å²) in [5.74, 6) is 0. The molecule has 0 amide bonds. The minimum atomic E-state index is 1.19. The quantitative estimate of drug-likeness (QED) is 0.466. The van der Waals surface area contributed by atoms with Crippen molar-refractivity contribution in [3.63, 3.8) is 0 Å². The lowest BCUT2D eigenvalue weighted by Gasteiger charge is -2.19. The van der Waals surface area contributed by atoms with Crippen LogP contribution in [0, 0.1) is 6.92 Å². The van der Waals surface area contributed by atoms with Gasteiger partial charge in [-0.05, 0) is 52.4 Å². The molecule has 0 saturated carbocycles. The molecule has 3 aromatic carbocycles. The Morgan fingerprint density at radius 1 is 0.737 bits per heavy atom. The van der Waals surface area contributed by atoms with Crippen molar-refractivity contribution in [2.75, 3.05) is 0 Å². The molecule has 0 heteroatoms. The fraction of sp³-hybridized carbons (Fsp3) is 0.263. The van der Waals surface area contributed by atoms with Crippen molar-refractivity contribution in [2.24, 2.45) is 0 Å². The molecule has 0 aliphatic heterocycles. The fourth-order valence-electron chi connectivity index (χ4n) is 3.25. The van der Waals surface area contributed by atoms with Crippen LogP contribution in [0.25, 0.3) is 21.5 Å². The number of aryl methyl sites for hydroxylation is 3. The molecule has 0 N–H and O–H groups in total. The minimum Gasteiger partial charge on any atom is -0.0683 e. The Morgan fingerprint density at radius 3 is 2.26 bits per heavy atom. The second-order valence-corrected chi connectivity index (χ2v) is 5.10. The van der Waals surface area contributed by atoms with Crippen LogP contribution in [0.5, 0.6) is 0 Å². The molecule has 1 aliphatic rings. The van der Waals surface area contributed by atoms with Gasteiger partial charge in [0, 0.05) is 0 Å². The zero-order valence-electron chi connectivity index (χ0n) is 12.0. The van der Waals surface area contributed by atoms with Gasteiger partial charge < -0.3 is 0 Å². The van der Waals surface area contributed by atoms with Crippen molar-refractivity contribution < 1.29 is 0 Å². The highest BCUT2D eigenvalue weighted by Crippen LogP contribution is 2.36. The molecule has 0 aromatic heterocycles. The Bertz CT molecular complexity index is 751. The fourth-order valence-corrected chi connectivity index (χ4v) is 3.25. The van der Waals surface area contributed by atoms with Gasteiger partial charge in [0.15, 0.2) is 0 Å². The number of hydrogen-bond donors (Lipinski definition) is 0. The van der Waals surface area contributed by atoms with Gasteiger partial charge in [0.2, 0.25) is 0 Å². The monoisotopic (exact) mass is 248 g/mol. The Labute approximate surface area is 115 Å². The van der Waals surface area contributed by atoms with Gasteiger partial charge in [0.05, 0.1) is 0 Å². The predicted molar refractivity (Wildman–Crippen MR) is 84.9 cm³/mol.